The molecule has 1 aromatic carbocycles. The van der Waals surface area contributed by atoms with Crippen LogP contribution in [-0.4, -0.2) is 9.91 Å². The minimum absolute atomic E-state index is 0.115. The molecular weight excluding hydrogens is 292 g/mol. The first-order valence-corrected chi connectivity index (χ1v) is 6.46. The fraction of sp³-hybridized carbons (Fsp3) is 0.143. The molecule has 0 amide bonds. The van der Waals surface area contributed by atoms with Crippen LogP contribution in [-0.2, 0) is 0 Å². The fourth-order valence-electron chi connectivity index (χ4n) is 1.82. The third kappa shape index (κ3) is 3.46. The van der Waals surface area contributed by atoms with Gasteiger partial charge in [0, 0.05) is 6.07 Å². The van der Waals surface area contributed by atoms with Crippen LogP contribution < -0.4 is 5.32 Å². The van der Waals surface area contributed by atoms with Gasteiger partial charge in [-0.1, -0.05) is 23.7 Å². The van der Waals surface area contributed by atoms with Crippen molar-refractivity contribution in [3.05, 3.63) is 62.8 Å². The molecule has 106 valence electrons. The van der Waals surface area contributed by atoms with Crippen LogP contribution in [0.5, 0.6) is 0 Å². The third-order valence-electron chi connectivity index (χ3n) is 2.93. The molecular formula is C14H11ClN4O2. The predicted octanol–water partition coefficient (Wildman–Crippen LogP) is 3.69. The Morgan fingerprint density at radius 3 is 2.57 bits per heavy atom. The summed E-state index contributed by atoms with van der Waals surface area (Å²) in [7, 11) is 0. The van der Waals surface area contributed by atoms with Crippen molar-refractivity contribution in [2.75, 3.05) is 5.32 Å². The van der Waals surface area contributed by atoms with Crippen molar-refractivity contribution in [2.24, 2.45) is 0 Å². The van der Waals surface area contributed by atoms with Crippen LogP contribution in [0.4, 0.5) is 11.5 Å². The molecule has 6 nitrogen and oxygen atoms in total. The number of halogens is 1. The molecule has 1 atom stereocenters. The van der Waals surface area contributed by atoms with Crippen LogP contribution in [0, 0.1) is 21.4 Å². The second kappa shape index (κ2) is 6.20. The predicted molar refractivity (Wildman–Crippen MR) is 79.1 cm³/mol. The average molecular weight is 303 g/mol. The summed E-state index contributed by atoms with van der Waals surface area (Å²) < 4.78 is 0. The van der Waals surface area contributed by atoms with E-state index in [9.17, 15) is 10.1 Å². The van der Waals surface area contributed by atoms with Crippen molar-refractivity contribution >= 4 is 23.1 Å². The van der Waals surface area contributed by atoms with Gasteiger partial charge in [-0.05, 0) is 30.7 Å². The maximum Gasteiger partial charge on any atom is 0.311 e. The van der Waals surface area contributed by atoms with Crippen LogP contribution in [0.2, 0.25) is 5.15 Å². The molecule has 0 bridgehead atoms. The van der Waals surface area contributed by atoms with Gasteiger partial charge in [-0.2, -0.15) is 5.26 Å². The Labute approximate surface area is 126 Å². The lowest BCUT2D eigenvalue weighted by Crippen LogP contribution is -2.10. The van der Waals surface area contributed by atoms with Gasteiger partial charge in [-0.25, -0.2) is 4.98 Å². The first-order valence-electron chi connectivity index (χ1n) is 6.09. The molecule has 0 radical (unpaired) electrons. The number of nitrogens with zero attached hydrogens (tertiary/aromatic N) is 3. The fourth-order valence-corrected chi connectivity index (χ4v) is 1.96. The van der Waals surface area contributed by atoms with Gasteiger partial charge in [-0.3, -0.25) is 10.1 Å². The van der Waals surface area contributed by atoms with Crippen molar-refractivity contribution in [3.8, 4) is 6.07 Å². The molecule has 2 aromatic rings. The Kier molecular flexibility index (Phi) is 4.36. The van der Waals surface area contributed by atoms with Gasteiger partial charge in [-0.15, -0.1) is 0 Å². The quantitative estimate of drug-likeness (QED) is 0.528. The normalized spacial score (nSPS) is 11.5. The van der Waals surface area contributed by atoms with Crippen LogP contribution in [0.1, 0.15) is 24.1 Å². The average Bonchev–Trinajstić information content (AvgIpc) is 2.47. The number of nitriles is 1. The number of anilines is 1. The summed E-state index contributed by atoms with van der Waals surface area (Å²) in [5.41, 5.74) is 1.29. The molecule has 0 spiro atoms. The van der Waals surface area contributed by atoms with Crippen LogP contribution in [0.15, 0.2) is 36.4 Å². The van der Waals surface area contributed by atoms with Crippen LogP contribution in [0.3, 0.4) is 0 Å². The molecule has 2 rings (SSSR count). The number of benzene rings is 1. The summed E-state index contributed by atoms with van der Waals surface area (Å²) in [6.07, 6.45) is 0. The Hall–Kier alpha value is -2.65. The summed E-state index contributed by atoms with van der Waals surface area (Å²) in [6.45, 7) is 1.84. The number of hydrogen-bond donors (Lipinski definition) is 1. The topological polar surface area (TPSA) is 91.8 Å². The Bertz CT molecular complexity index is 710. The van der Waals surface area contributed by atoms with Crippen molar-refractivity contribution in [2.45, 2.75) is 13.0 Å². The zero-order valence-corrected chi connectivity index (χ0v) is 11.8. The maximum atomic E-state index is 11.0. The van der Waals surface area contributed by atoms with Gasteiger partial charge < -0.3 is 5.32 Å². The van der Waals surface area contributed by atoms with Crippen molar-refractivity contribution in [1.29, 1.82) is 5.26 Å². The van der Waals surface area contributed by atoms with Gasteiger partial charge in [0.05, 0.1) is 22.6 Å². The van der Waals surface area contributed by atoms with E-state index < -0.39 is 4.92 Å². The highest BCUT2D eigenvalue weighted by Crippen LogP contribution is 2.27. The Morgan fingerprint density at radius 2 is 2.00 bits per heavy atom. The van der Waals surface area contributed by atoms with E-state index in [1.54, 1.807) is 24.3 Å². The van der Waals surface area contributed by atoms with Gasteiger partial charge in [0.1, 0.15) is 5.15 Å². The van der Waals surface area contributed by atoms with Gasteiger partial charge in [0.2, 0.25) is 5.82 Å². The lowest BCUT2D eigenvalue weighted by molar-refractivity contribution is -0.384. The molecule has 0 saturated heterocycles. The van der Waals surface area contributed by atoms with Gasteiger partial charge in [0.25, 0.3) is 0 Å². The number of aromatic nitrogens is 1. The third-order valence-corrected chi connectivity index (χ3v) is 3.14. The summed E-state index contributed by atoms with van der Waals surface area (Å²) >= 11 is 5.78. The molecule has 1 unspecified atom stereocenters. The van der Waals surface area contributed by atoms with E-state index in [2.05, 4.69) is 10.3 Å². The number of pyridine rings is 1. The number of nitrogens with one attached hydrogen (secondary N) is 1. The first kappa shape index (κ1) is 14.8. The Morgan fingerprint density at radius 1 is 1.33 bits per heavy atom. The van der Waals surface area contributed by atoms with E-state index in [1.807, 2.05) is 13.0 Å². The number of hydrogen-bond acceptors (Lipinski definition) is 5. The largest absolute Gasteiger partial charge is 0.358 e. The second-order valence-electron chi connectivity index (χ2n) is 4.36. The molecule has 0 saturated carbocycles. The SMILES string of the molecule is CC(Nc1nc(Cl)ccc1[N+](=O)[O-])c1ccc(C#N)cc1. The number of rotatable bonds is 4. The molecule has 21 heavy (non-hydrogen) atoms. The molecule has 1 aromatic heterocycles. The van der Waals surface area contributed by atoms with E-state index in [0.717, 1.165) is 5.56 Å². The highest BCUT2D eigenvalue weighted by Gasteiger charge is 2.18. The van der Waals surface area contributed by atoms with Crippen molar-refractivity contribution < 1.29 is 4.92 Å². The maximum absolute atomic E-state index is 11.0. The zero-order valence-electron chi connectivity index (χ0n) is 11.1. The van der Waals surface area contributed by atoms with Crippen LogP contribution in [0.25, 0.3) is 0 Å². The van der Waals surface area contributed by atoms with E-state index >= 15 is 0 Å². The summed E-state index contributed by atoms with van der Waals surface area (Å²) in [5.74, 6) is 0.115. The minimum Gasteiger partial charge on any atom is -0.358 e. The second-order valence-corrected chi connectivity index (χ2v) is 4.75. The summed E-state index contributed by atoms with van der Waals surface area (Å²) in [4.78, 5) is 14.4. The van der Waals surface area contributed by atoms with Crippen molar-refractivity contribution in [1.82, 2.24) is 4.98 Å². The van der Waals surface area contributed by atoms with E-state index in [-0.39, 0.29) is 22.7 Å². The molecule has 7 heteroatoms. The molecule has 0 aliphatic rings. The zero-order chi connectivity index (χ0) is 15.4. The smallest absolute Gasteiger partial charge is 0.311 e. The monoisotopic (exact) mass is 302 g/mol. The molecule has 1 N–H and O–H groups in total. The van der Waals surface area contributed by atoms with E-state index in [0.29, 0.717) is 5.56 Å². The lowest BCUT2D eigenvalue weighted by Gasteiger charge is -2.15. The molecule has 0 aliphatic heterocycles. The Balaban J connectivity index is 2.26. The van der Waals surface area contributed by atoms with Gasteiger partial charge in [0.15, 0.2) is 0 Å². The van der Waals surface area contributed by atoms with Crippen molar-refractivity contribution in [3.63, 3.8) is 0 Å². The minimum atomic E-state index is -0.517. The number of nitro groups is 1. The van der Waals surface area contributed by atoms with Gasteiger partial charge >= 0.3 is 5.69 Å². The van der Waals surface area contributed by atoms with E-state index in [4.69, 9.17) is 16.9 Å². The standard InChI is InChI=1S/C14H11ClN4O2/c1-9(11-4-2-10(8-16)3-5-11)17-14-12(19(20)21)6-7-13(15)18-14/h2-7,9H,1H3,(H,17,18). The molecule has 1 heterocycles. The lowest BCUT2D eigenvalue weighted by atomic mass is 10.1. The highest BCUT2D eigenvalue weighted by atomic mass is 35.5. The summed E-state index contributed by atoms with van der Waals surface area (Å²) in [5, 5.41) is 22.9. The highest BCUT2D eigenvalue weighted by molar-refractivity contribution is 6.29. The van der Waals surface area contributed by atoms with Crippen LogP contribution >= 0.6 is 11.6 Å². The van der Waals surface area contributed by atoms with E-state index in [1.165, 1.54) is 12.1 Å². The molecule has 0 fully saturated rings. The molecule has 0 aliphatic carbocycles. The first-order chi connectivity index (χ1) is 10.0. The summed E-state index contributed by atoms with van der Waals surface area (Å²) in [6, 6.07) is 11.4.